The van der Waals surface area contributed by atoms with Crippen molar-refractivity contribution >= 4 is 5.91 Å². The van der Waals surface area contributed by atoms with Crippen LogP contribution in [0.4, 0.5) is 0 Å². The van der Waals surface area contributed by atoms with Crippen LogP contribution < -0.4 is 5.32 Å². The third-order valence-corrected chi connectivity index (χ3v) is 3.86. The highest BCUT2D eigenvalue weighted by molar-refractivity contribution is 5.75. The van der Waals surface area contributed by atoms with E-state index in [0.717, 1.165) is 31.7 Å². The molecule has 4 nitrogen and oxygen atoms in total. The van der Waals surface area contributed by atoms with Gasteiger partial charge in [0, 0.05) is 45.2 Å². The average Bonchev–Trinajstić information content (AvgIpc) is 2.50. The Morgan fingerprint density at radius 2 is 1.93 bits per heavy atom. The Kier molecular flexibility index (Phi) is 3.26. The van der Waals surface area contributed by atoms with Crippen molar-refractivity contribution in [2.75, 3.05) is 33.7 Å². The van der Waals surface area contributed by atoms with Crippen LogP contribution in [0.3, 0.4) is 0 Å². The predicted octanol–water partition coefficient (Wildman–Crippen LogP) is -0.0991. The Balaban J connectivity index is 1.79. The molecule has 2 bridgehead atoms. The number of fused-ring (bicyclic) bond motifs is 2. The van der Waals surface area contributed by atoms with Gasteiger partial charge in [0.05, 0.1) is 0 Å². The summed E-state index contributed by atoms with van der Waals surface area (Å²) in [6.45, 7) is 3.20. The molecule has 0 spiro atoms. The molecule has 4 heteroatoms. The second-order valence-corrected chi connectivity index (χ2v) is 4.73. The normalized spacial score (nSPS) is 31.9. The summed E-state index contributed by atoms with van der Waals surface area (Å²) in [5.41, 5.74) is 0. The third kappa shape index (κ3) is 2.32. The van der Waals surface area contributed by atoms with Gasteiger partial charge in [-0.25, -0.2) is 0 Å². The molecule has 0 aromatic rings. The van der Waals surface area contributed by atoms with Crippen LogP contribution in [0.1, 0.15) is 19.3 Å². The minimum atomic E-state index is 0.154. The number of hydrogen-bond acceptors (Lipinski definition) is 3. The van der Waals surface area contributed by atoms with Crippen LogP contribution in [-0.2, 0) is 4.79 Å². The molecule has 2 rings (SSSR count). The zero-order valence-corrected chi connectivity index (χ0v) is 9.70. The van der Waals surface area contributed by atoms with Gasteiger partial charge < -0.3 is 5.32 Å². The first kappa shape index (κ1) is 10.9. The molecule has 2 atom stereocenters. The van der Waals surface area contributed by atoms with E-state index in [2.05, 4.69) is 22.2 Å². The summed E-state index contributed by atoms with van der Waals surface area (Å²) in [6.07, 6.45) is 3.30. The monoisotopic (exact) mass is 211 g/mol. The number of amides is 1. The van der Waals surface area contributed by atoms with E-state index in [4.69, 9.17) is 0 Å². The number of nitrogens with zero attached hydrogens (tertiary/aromatic N) is 2. The van der Waals surface area contributed by atoms with E-state index in [0.29, 0.717) is 6.42 Å². The quantitative estimate of drug-likeness (QED) is 0.708. The number of likely N-dealkylation sites (tertiary alicyclic amines) is 1. The summed E-state index contributed by atoms with van der Waals surface area (Å²) in [4.78, 5) is 16.1. The fourth-order valence-electron chi connectivity index (χ4n) is 2.77. The number of carbonyl (C=O) groups is 1. The minimum Gasteiger partial charge on any atom is -0.359 e. The highest BCUT2D eigenvalue weighted by Crippen LogP contribution is 2.28. The van der Waals surface area contributed by atoms with Crippen molar-refractivity contribution in [3.63, 3.8) is 0 Å². The van der Waals surface area contributed by atoms with Gasteiger partial charge in [0.2, 0.25) is 5.91 Å². The number of piperazine rings is 1. The predicted molar refractivity (Wildman–Crippen MR) is 59.7 cm³/mol. The van der Waals surface area contributed by atoms with E-state index < -0.39 is 0 Å². The molecule has 0 aliphatic carbocycles. The molecule has 0 aromatic carbocycles. The standard InChI is InChI=1S/C11H21N3O/c1-12-11(15)5-6-14-7-9-3-4-10(8-14)13(9)2/h9-10H,3-8H2,1-2H3,(H,12,15). The fraction of sp³-hybridized carbons (Fsp3) is 0.909. The van der Waals surface area contributed by atoms with Crippen LogP contribution in [0.5, 0.6) is 0 Å². The molecule has 86 valence electrons. The highest BCUT2D eigenvalue weighted by Gasteiger charge is 2.37. The molecule has 0 aromatic heterocycles. The van der Waals surface area contributed by atoms with Crippen LogP contribution in [0, 0.1) is 0 Å². The minimum absolute atomic E-state index is 0.154. The van der Waals surface area contributed by atoms with Crippen molar-refractivity contribution in [1.82, 2.24) is 15.1 Å². The van der Waals surface area contributed by atoms with Crippen molar-refractivity contribution in [2.45, 2.75) is 31.3 Å². The lowest BCUT2D eigenvalue weighted by Crippen LogP contribution is -2.52. The van der Waals surface area contributed by atoms with Crippen molar-refractivity contribution in [3.8, 4) is 0 Å². The molecule has 0 saturated carbocycles. The topological polar surface area (TPSA) is 35.6 Å². The van der Waals surface area contributed by atoms with E-state index in [1.807, 2.05) is 0 Å². The molecule has 2 fully saturated rings. The molecule has 2 unspecified atom stereocenters. The van der Waals surface area contributed by atoms with Crippen LogP contribution >= 0.6 is 0 Å². The van der Waals surface area contributed by atoms with Gasteiger partial charge in [-0.1, -0.05) is 0 Å². The van der Waals surface area contributed by atoms with Gasteiger partial charge >= 0.3 is 0 Å². The molecule has 2 aliphatic heterocycles. The lowest BCUT2D eigenvalue weighted by atomic mass is 10.2. The number of nitrogens with one attached hydrogen (secondary N) is 1. The lowest BCUT2D eigenvalue weighted by molar-refractivity contribution is -0.121. The largest absolute Gasteiger partial charge is 0.359 e. The molecule has 2 aliphatic rings. The van der Waals surface area contributed by atoms with Gasteiger partial charge in [-0.15, -0.1) is 0 Å². The summed E-state index contributed by atoms with van der Waals surface area (Å²) in [7, 11) is 3.94. The van der Waals surface area contributed by atoms with Crippen LogP contribution in [0.2, 0.25) is 0 Å². The Hall–Kier alpha value is -0.610. The second-order valence-electron chi connectivity index (χ2n) is 4.73. The maximum absolute atomic E-state index is 11.1. The van der Waals surface area contributed by atoms with Gasteiger partial charge in [0.15, 0.2) is 0 Å². The number of hydrogen-bond donors (Lipinski definition) is 1. The van der Waals surface area contributed by atoms with E-state index in [1.54, 1.807) is 7.05 Å². The Morgan fingerprint density at radius 3 is 2.47 bits per heavy atom. The molecule has 0 radical (unpaired) electrons. The third-order valence-electron chi connectivity index (χ3n) is 3.86. The van der Waals surface area contributed by atoms with Gasteiger partial charge in [-0.3, -0.25) is 14.6 Å². The maximum atomic E-state index is 11.1. The zero-order valence-electron chi connectivity index (χ0n) is 9.70. The van der Waals surface area contributed by atoms with E-state index >= 15 is 0 Å². The van der Waals surface area contributed by atoms with Crippen molar-refractivity contribution in [3.05, 3.63) is 0 Å². The molecular weight excluding hydrogens is 190 g/mol. The molecule has 1 amide bonds. The lowest BCUT2D eigenvalue weighted by Gasteiger charge is -2.38. The SMILES string of the molecule is CNC(=O)CCN1CC2CCC(C1)N2C. The highest BCUT2D eigenvalue weighted by atomic mass is 16.1. The van der Waals surface area contributed by atoms with Crippen LogP contribution in [0.15, 0.2) is 0 Å². The van der Waals surface area contributed by atoms with Gasteiger partial charge in [0.1, 0.15) is 0 Å². The number of rotatable bonds is 3. The van der Waals surface area contributed by atoms with Crippen LogP contribution in [0.25, 0.3) is 0 Å². The fourth-order valence-corrected chi connectivity index (χ4v) is 2.77. The van der Waals surface area contributed by atoms with Crippen molar-refractivity contribution < 1.29 is 4.79 Å². The molecule has 15 heavy (non-hydrogen) atoms. The van der Waals surface area contributed by atoms with Crippen LogP contribution in [-0.4, -0.2) is 61.5 Å². The first-order valence-corrected chi connectivity index (χ1v) is 5.85. The van der Waals surface area contributed by atoms with E-state index in [9.17, 15) is 4.79 Å². The Bertz CT molecular complexity index is 230. The summed E-state index contributed by atoms with van der Waals surface area (Å²) >= 11 is 0. The van der Waals surface area contributed by atoms with E-state index in [1.165, 1.54) is 12.8 Å². The summed E-state index contributed by atoms with van der Waals surface area (Å²) in [5, 5.41) is 2.68. The summed E-state index contributed by atoms with van der Waals surface area (Å²) < 4.78 is 0. The first-order valence-electron chi connectivity index (χ1n) is 5.85. The Labute approximate surface area is 91.6 Å². The molecule has 2 saturated heterocycles. The van der Waals surface area contributed by atoms with Gasteiger partial charge in [-0.2, -0.15) is 0 Å². The maximum Gasteiger partial charge on any atom is 0.221 e. The van der Waals surface area contributed by atoms with Crippen molar-refractivity contribution in [2.24, 2.45) is 0 Å². The zero-order chi connectivity index (χ0) is 10.8. The van der Waals surface area contributed by atoms with Crippen molar-refractivity contribution in [1.29, 1.82) is 0 Å². The molecular formula is C11H21N3O. The summed E-state index contributed by atoms with van der Waals surface area (Å²) in [5.74, 6) is 0.154. The van der Waals surface area contributed by atoms with Gasteiger partial charge in [-0.05, 0) is 19.9 Å². The first-order chi connectivity index (χ1) is 7.20. The number of likely N-dealkylation sites (N-methyl/N-ethyl adjacent to an activating group) is 1. The smallest absolute Gasteiger partial charge is 0.221 e. The van der Waals surface area contributed by atoms with E-state index in [-0.39, 0.29) is 5.91 Å². The molecule has 2 heterocycles. The molecule has 1 N–H and O–H groups in total. The number of carbonyl (C=O) groups excluding carboxylic acids is 1. The second kappa shape index (κ2) is 4.49. The van der Waals surface area contributed by atoms with Gasteiger partial charge in [0.25, 0.3) is 0 Å². The average molecular weight is 211 g/mol. The Morgan fingerprint density at radius 1 is 1.33 bits per heavy atom. The summed E-state index contributed by atoms with van der Waals surface area (Å²) in [6, 6.07) is 1.46.